The molecule has 1 aromatic carbocycles. The fraction of sp³-hybridized carbons (Fsp3) is 0.308. The number of carbonyl (C=O) groups excluding carboxylic acids is 3. The van der Waals surface area contributed by atoms with Gasteiger partial charge in [0.05, 0.1) is 19.4 Å². The van der Waals surface area contributed by atoms with Gasteiger partial charge in [-0.3, -0.25) is 19.3 Å². The smallest absolute Gasteiger partial charge is 0.289 e. The van der Waals surface area contributed by atoms with Gasteiger partial charge in [-0.25, -0.2) is 0 Å². The highest BCUT2D eigenvalue weighted by atomic mass is 32.2. The molecule has 0 spiro atoms. The van der Waals surface area contributed by atoms with Gasteiger partial charge in [0, 0.05) is 11.1 Å². The highest BCUT2D eigenvalue weighted by molar-refractivity contribution is 8.14. The van der Waals surface area contributed by atoms with Gasteiger partial charge >= 0.3 is 0 Å². The largest absolute Gasteiger partial charge is 0.496 e. The fourth-order valence-electron chi connectivity index (χ4n) is 1.83. The third-order valence-corrected chi connectivity index (χ3v) is 3.71. The Morgan fingerprint density at radius 2 is 2.16 bits per heavy atom. The van der Waals surface area contributed by atoms with E-state index in [9.17, 15) is 14.4 Å². The Balaban J connectivity index is 2.32. The van der Waals surface area contributed by atoms with Crippen LogP contribution in [0.15, 0.2) is 18.2 Å². The van der Waals surface area contributed by atoms with E-state index in [2.05, 4.69) is 0 Å². The van der Waals surface area contributed by atoms with Crippen molar-refractivity contribution in [3.05, 3.63) is 29.3 Å². The van der Waals surface area contributed by atoms with Crippen LogP contribution in [-0.4, -0.2) is 34.7 Å². The molecule has 6 heteroatoms. The summed E-state index contributed by atoms with van der Waals surface area (Å²) in [5.74, 6) is 0.443. The molecule has 1 aliphatic rings. The maximum Gasteiger partial charge on any atom is 0.289 e. The molecule has 0 bridgehead atoms. The fourth-order valence-corrected chi connectivity index (χ4v) is 2.55. The first-order chi connectivity index (χ1) is 9.02. The summed E-state index contributed by atoms with van der Waals surface area (Å²) < 4.78 is 5.19. The second kappa shape index (κ2) is 5.44. The van der Waals surface area contributed by atoms with Crippen molar-refractivity contribution in [3.8, 4) is 5.75 Å². The Morgan fingerprint density at radius 3 is 2.68 bits per heavy atom. The second-order valence-corrected chi connectivity index (χ2v) is 5.04. The summed E-state index contributed by atoms with van der Waals surface area (Å²) in [5.41, 5.74) is 1.18. The van der Waals surface area contributed by atoms with Crippen LogP contribution < -0.4 is 4.74 Å². The molecule has 1 heterocycles. The van der Waals surface area contributed by atoms with Crippen molar-refractivity contribution < 1.29 is 19.1 Å². The molecule has 0 atom stereocenters. The molecule has 19 heavy (non-hydrogen) atoms. The molecule has 2 amide bonds. The minimum atomic E-state index is -0.264. The molecule has 0 radical (unpaired) electrons. The van der Waals surface area contributed by atoms with Crippen molar-refractivity contribution in [1.82, 2.24) is 4.90 Å². The molecule has 1 aromatic rings. The molecular formula is C13H13NO4S. The number of carbonyl (C=O) groups is 3. The van der Waals surface area contributed by atoms with E-state index < -0.39 is 0 Å². The molecule has 2 rings (SSSR count). The van der Waals surface area contributed by atoms with Gasteiger partial charge in [-0.2, -0.15) is 0 Å². The van der Waals surface area contributed by atoms with Gasteiger partial charge in [-0.15, -0.1) is 0 Å². The van der Waals surface area contributed by atoms with Crippen LogP contribution in [0.2, 0.25) is 0 Å². The lowest BCUT2D eigenvalue weighted by Crippen LogP contribution is -2.28. The van der Waals surface area contributed by atoms with Crippen molar-refractivity contribution in [2.75, 3.05) is 12.9 Å². The van der Waals surface area contributed by atoms with E-state index in [1.165, 1.54) is 18.9 Å². The Hall–Kier alpha value is -1.82. The zero-order valence-electron chi connectivity index (χ0n) is 10.6. The van der Waals surface area contributed by atoms with Gasteiger partial charge in [-0.05, 0) is 25.1 Å². The minimum Gasteiger partial charge on any atom is -0.496 e. The average molecular weight is 279 g/mol. The number of hydrogen-bond donors (Lipinski definition) is 0. The van der Waals surface area contributed by atoms with Crippen LogP contribution in [0.1, 0.15) is 22.8 Å². The van der Waals surface area contributed by atoms with Crippen molar-refractivity contribution in [2.24, 2.45) is 0 Å². The van der Waals surface area contributed by atoms with Crippen LogP contribution >= 0.6 is 11.8 Å². The molecule has 0 unspecified atom stereocenters. The van der Waals surface area contributed by atoms with E-state index >= 15 is 0 Å². The number of nitrogens with zero attached hydrogens (tertiary/aromatic N) is 1. The molecule has 0 N–H and O–H groups in total. The summed E-state index contributed by atoms with van der Waals surface area (Å²) in [7, 11) is 1.51. The monoisotopic (exact) mass is 279 g/mol. The number of imide groups is 1. The molecule has 0 saturated carbocycles. The Kier molecular flexibility index (Phi) is 3.90. The maximum atomic E-state index is 11.6. The van der Waals surface area contributed by atoms with Gasteiger partial charge in [0.2, 0.25) is 5.91 Å². The molecule has 5 nitrogen and oxygen atoms in total. The van der Waals surface area contributed by atoms with Crippen LogP contribution in [0.4, 0.5) is 4.79 Å². The number of rotatable bonds is 4. The molecule has 1 aliphatic heterocycles. The van der Waals surface area contributed by atoms with Gasteiger partial charge in [0.15, 0.2) is 5.78 Å². The molecule has 0 aliphatic carbocycles. The Bertz CT molecular complexity index is 540. The van der Waals surface area contributed by atoms with Crippen LogP contribution in [0, 0.1) is 0 Å². The predicted octanol–water partition coefficient (Wildman–Crippen LogP) is 2.09. The quantitative estimate of drug-likeness (QED) is 0.790. The van der Waals surface area contributed by atoms with E-state index in [-0.39, 0.29) is 29.2 Å². The summed E-state index contributed by atoms with van der Waals surface area (Å²) >= 11 is 0.986. The van der Waals surface area contributed by atoms with Crippen LogP contribution in [0.3, 0.4) is 0 Å². The summed E-state index contributed by atoms with van der Waals surface area (Å²) in [6, 6.07) is 4.99. The number of hydrogen-bond acceptors (Lipinski definition) is 5. The Morgan fingerprint density at radius 1 is 1.42 bits per heavy atom. The van der Waals surface area contributed by atoms with Crippen LogP contribution in [0.25, 0.3) is 0 Å². The number of amides is 2. The van der Waals surface area contributed by atoms with Gasteiger partial charge in [0.25, 0.3) is 5.24 Å². The topological polar surface area (TPSA) is 63.7 Å². The van der Waals surface area contributed by atoms with E-state index in [4.69, 9.17) is 4.74 Å². The lowest BCUT2D eigenvalue weighted by Gasteiger charge is -2.16. The first kappa shape index (κ1) is 13.6. The lowest BCUT2D eigenvalue weighted by molar-refractivity contribution is -0.125. The number of thioether (sulfide) groups is 1. The zero-order valence-corrected chi connectivity index (χ0v) is 11.5. The predicted molar refractivity (Wildman–Crippen MR) is 71.4 cm³/mol. The number of ketones is 1. The third-order valence-electron chi connectivity index (χ3n) is 2.86. The van der Waals surface area contributed by atoms with Gasteiger partial charge < -0.3 is 4.74 Å². The van der Waals surface area contributed by atoms with Gasteiger partial charge in [-0.1, -0.05) is 11.8 Å². The normalized spacial score (nSPS) is 14.9. The maximum absolute atomic E-state index is 11.6. The van der Waals surface area contributed by atoms with Crippen LogP contribution in [0.5, 0.6) is 5.75 Å². The van der Waals surface area contributed by atoms with Crippen molar-refractivity contribution in [1.29, 1.82) is 0 Å². The van der Waals surface area contributed by atoms with Crippen molar-refractivity contribution >= 4 is 28.7 Å². The van der Waals surface area contributed by atoms with Crippen molar-refractivity contribution in [3.63, 3.8) is 0 Å². The molecule has 1 fully saturated rings. The van der Waals surface area contributed by atoms with Crippen molar-refractivity contribution in [2.45, 2.75) is 13.5 Å². The zero-order chi connectivity index (χ0) is 14.0. The second-order valence-electron chi connectivity index (χ2n) is 4.12. The molecule has 1 saturated heterocycles. The molecule has 0 aromatic heterocycles. The number of benzene rings is 1. The number of ether oxygens (including phenoxy) is 1. The Labute approximate surface area is 114 Å². The third kappa shape index (κ3) is 2.78. The first-order valence-corrected chi connectivity index (χ1v) is 6.66. The summed E-state index contributed by atoms with van der Waals surface area (Å²) in [5, 5.41) is -0.264. The van der Waals surface area contributed by atoms with Gasteiger partial charge in [0.1, 0.15) is 5.75 Å². The van der Waals surface area contributed by atoms with E-state index in [1.807, 2.05) is 0 Å². The average Bonchev–Trinajstić information content (AvgIpc) is 2.70. The molecular weight excluding hydrogens is 266 g/mol. The first-order valence-electron chi connectivity index (χ1n) is 5.68. The summed E-state index contributed by atoms with van der Waals surface area (Å²) in [6.07, 6.45) is 0. The van der Waals surface area contributed by atoms with E-state index in [0.717, 1.165) is 11.8 Å². The van der Waals surface area contributed by atoms with E-state index in [1.54, 1.807) is 18.2 Å². The van der Waals surface area contributed by atoms with E-state index in [0.29, 0.717) is 16.9 Å². The minimum absolute atomic E-state index is 0.0719. The summed E-state index contributed by atoms with van der Waals surface area (Å²) in [4.78, 5) is 35.7. The summed E-state index contributed by atoms with van der Waals surface area (Å²) in [6.45, 7) is 1.60. The highest BCUT2D eigenvalue weighted by Gasteiger charge is 2.30. The highest BCUT2D eigenvalue weighted by Crippen LogP contribution is 2.26. The standard InChI is InChI=1S/C13H13NO4S/c1-8(15)9-3-4-11(18-2)10(5-9)6-14-12(16)7-19-13(14)17/h3-5H,6-7H2,1-2H3. The SMILES string of the molecule is COc1ccc(C(C)=O)cc1CN1C(=O)CSC1=O. The van der Waals surface area contributed by atoms with Crippen LogP contribution in [-0.2, 0) is 11.3 Å². The number of methoxy groups -OCH3 is 1. The lowest BCUT2D eigenvalue weighted by atomic mass is 10.1. The molecule has 100 valence electrons. The number of Topliss-reactive ketones (excluding diaryl/α,β-unsaturated/α-hetero) is 1.